The van der Waals surface area contributed by atoms with Crippen LogP contribution < -0.4 is 10.1 Å². The van der Waals surface area contributed by atoms with Crippen LogP contribution in [0.25, 0.3) is 0 Å². The van der Waals surface area contributed by atoms with Crippen LogP contribution in [0.15, 0.2) is 36.4 Å². The Morgan fingerprint density at radius 2 is 1.97 bits per heavy atom. The summed E-state index contributed by atoms with van der Waals surface area (Å²) in [6.45, 7) is 5.24. The fourth-order valence-electron chi connectivity index (χ4n) is 4.69. The number of aryl methyl sites for hydroxylation is 2. The van der Waals surface area contributed by atoms with Crippen LogP contribution in [0.3, 0.4) is 0 Å². The predicted octanol–water partition coefficient (Wildman–Crippen LogP) is 4.40. The van der Waals surface area contributed by atoms with Gasteiger partial charge in [-0.15, -0.1) is 0 Å². The summed E-state index contributed by atoms with van der Waals surface area (Å²) in [5, 5.41) is 3.58. The molecule has 0 spiro atoms. The zero-order chi connectivity index (χ0) is 21.8. The van der Waals surface area contributed by atoms with Crippen LogP contribution in [0.1, 0.15) is 42.9 Å². The van der Waals surface area contributed by atoms with Crippen LogP contribution in [-0.2, 0) is 27.8 Å². The van der Waals surface area contributed by atoms with Crippen molar-refractivity contribution in [2.24, 2.45) is 0 Å². The highest BCUT2D eigenvalue weighted by Crippen LogP contribution is 2.37. The van der Waals surface area contributed by atoms with Gasteiger partial charge in [0.25, 0.3) is 0 Å². The van der Waals surface area contributed by atoms with Crippen molar-refractivity contribution in [3.8, 4) is 5.75 Å². The monoisotopic (exact) mass is 440 g/mol. The molecule has 0 atom stereocenters. The average molecular weight is 441 g/mol. The highest BCUT2D eigenvalue weighted by molar-refractivity contribution is 6.30. The zero-order valence-corrected chi connectivity index (χ0v) is 18.7. The Balaban J connectivity index is 1.33. The fraction of sp³-hybridized carbons (Fsp3) is 0.440. The van der Waals surface area contributed by atoms with Crippen molar-refractivity contribution >= 4 is 29.5 Å². The lowest BCUT2D eigenvalue weighted by molar-refractivity contribution is -0.116. The van der Waals surface area contributed by atoms with Crippen LogP contribution >= 0.6 is 11.6 Å². The van der Waals surface area contributed by atoms with E-state index in [2.05, 4.69) is 17.1 Å². The van der Waals surface area contributed by atoms with E-state index in [0.717, 1.165) is 74.2 Å². The van der Waals surface area contributed by atoms with Crippen LogP contribution in [-0.4, -0.2) is 43.3 Å². The molecule has 0 bridgehead atoms. The summed E-state index contributed by atoms with van der Waals surface area (Å²) < 4.78 is 5.98. The lowest BCUT2D eigenvalue weighted by atomic mass is 9.72. The molecule has 0 radical (unpaired) electrons. The predicted molar refractivity (Wildman–Crippen MR) is 123 cm³/mol. The quantitative estimate of drug-likeness (QED) is 0.648. The number of carbonyl (C=O) groups is 2. The maximum atomic E-state index is 12.2. The third-order valence-electron chi connectivity index (χ3n) is 6.61. The first-order chi connectivity index (χ1) is 15.0. The van der Waals surface area contributed by atoms with E-state index in [0.29, 0.717) is 18.1 Å². The topological polar surface area (TPSA) is 58.6 Å². The van der Waals surface area contributed by atoms with Gasteiger partial charge in [0.1, 0.15) is 18.6 Å². The normalized spacial score (nSPS) is 18.2. The Kier molecular flexibility index (Phi) is 6.63. The molecule has 1 amide bonds. The maximum Gasteiger partial charge on any atom is 0.224 e. The molecule has 2 aromatic rings. The number of halogens is 1. The van der Waals surface area contributed by atoms with Gasteiger partial charge in [-0.05, 0) is 85.8 Å². The first kappa shape index (κ1) is 21.8. The minimum atomic E-state index is -0.448. The average Bonchev–Trinajstić information content (AvgIpc) is 2.79. The smallest absolute Gasteiger partial charge is 0.224 e. The Bertz CT molecular complexity index is 967. The standard InChI is InChI=1S/C25H29ClN2O3/c1-2-18-3-5-20(26)16-22(18)25(17-29)9-11-28(12-10-25)13-14-31-21-6-7-23-19(15-21)4-8-24(30)27-23/h3,5-7,15-17H,2,4,8-14H2,1H3,(H,27,30). The molecule has 2 aliphatic rings. The number of carbonyl (C=O) groups excluding carboxylic acids is 2. The number of amides is 1. The summed E-state index contributed by atoms with van der Waals surface area (Å²) in [4.78, 5) is 26.0. The maximum absolute atomic E-state index is 12.2. The Morgan fingerprint density at radius 3 is 2.71 bits per heavy atom. The number of piperidine rings is 1. The summed E-state index contributed by atoms with van der Waals surface area (Å²) in [5.74, 6) is 0.905. The molecule has 0 aliphatic carbocycles. The van der Waals surface area contributed by atoms with E-state index in [4.69, 9.17) is 16.3 Å². The van der Waals surface area contributed by atoms with Crippen LogP contribution in [0, 0.1) is 0 Å². The van der Waals surface area contributed by atoms with Crippen LogP contribution in [0.5, 0.6) is 5.75 Å². The first-order valence-corrected chi connectivity index (χ1v) is 11.4. The number of hydrogen-bond acceptors (Lipinski definition) is 4. The Hall–Kier alpha value is -2.37. The first-order valence-electron chi connectivity index (χ1n) is 11.1. The van der Waals surface area contributed by atoms with Gasteiger partial charge in [-0.2, -0.15) is 0 Å². The van der Waals surface area contributed by atoms with Gasteiger partial charge in [-0.3, -0.25) is 9.69 Å². The third-order valence-corrected chi connectivity index (χ3v) is 6.85. The van der Waals surface area contributed by atoms with Gasteiger partial charge in [0.15, 0.2) is 0 Å². The van der Waals surface area contributed by atoms with E-state index in [1.54, 1.807) is 0 Å². The van der Waals surface area contributed by atoms with Crippen molar-refractivity contribution in [3.63, 3.8) is 0 Å². The molecule has 31 heavy (non-hydrogen) atoms. The van der Waals surface area contributed by atoms with Crippen molar-refractivity contribution in [2.75, 3.05) is 31.6 Å². The second kappa shape index (κ2) is 9.41. The number of likely N-dealkylation sites (tertiary alicyclic amines) is 1. The largest absolute Gasteiger partial charge is 0.492 e. The second-order valence-electron chi connectivity index (χ2n) is 8.49. The van der Waals surface area contributed by atoms with Crippen molar-refractivity contribution < 1.29 is 14.3 Å². The molecule has 0 saturated carbocycles. The molecule has 1 fully saturated rings. The number of benzene rings is 2. The number of nitrogens with zero attached hydrogens (tertiary/aromatic N) is 1. The van der Waals surface area contributed by atoms with E-state index in [-0.39, 0.29) is 5.91 Å². The molecule has 0 unspecified atom stereocenters. The van der Waals surface area contributed by atoms with Crippen molar-refractivity contribution in [2.45, 2.75) is 44.4 Å². The molecule has 2 aliphatic heterocycles. The van der Waals surface area contributed by atoms with Gasteiger partial charge in [-0.25, -0.2) is 0 Å². The number of anilines is 1. The summed E-state index contributed by atoms with van der Waals surface area (Å²) in [7, 11) is 0. The summed E-state index contributed by atoms with van der Waals surface area (Å²) in [6, 6.07) is 11.8. The van der Waals surface area contributed by atoms with Crippen LogP contribution in [0.2, 0.25) is 5.02 Å². The number of aldehydes is 1. The van der Waals surface area contributed by atoms with E-state index in [9.17, 15) is 9.59 Å². The highest BCUT2D eigenvalue weighted by atomic mass is 35.5. The van der Waals surface area contributed by atoms with E-state index in [1.807, 2.05) is 36.4 Å². The Labute approximate surface area is 188 Å². The molecule has 2 aromatic carbocycles. The molecule has 164 valence electrons. The van der Waals surface area contributed by atoms with E-state index in [1.165, 1.54) is 5.56 Å². The summed E-state index contributed by atoms with van der Waals surface area (Å²) in [5.41, 5.74) is 3.86. The summed E-state index contributed by atoms with van der Waals surface area (Å²) >= 11 is 6.26. The number of rotatable bonds is 7. The SMILES string of the molecule is CCc1ccc(Cl)cc1C1(C=O)CCN(CCOc2ccc3c(c2)CCC(=O)N3)CC1. The van der Waals surface area contributed by atoms with Gasteiger partial charge < -0.3 is 14.8 Å². The lowest BCUT2D eigenvalue weighted by Gasteiger charge is -2.39. The molecule has 1 saturated heterocycles. The van der Waals surface area contributed by atoms with Gasteiger partial charge in [0.05, 0.1) is 5.41 Å². The molecular formula is C25H29ClN2O3. The highest BCUT2D eigenvalue weighted by Gasteiger charge is 2.37. The summed E-state index contributed by atoms with van der Waals surface area (Å²) in [6.07, 6.45) is 4.89. The van der Waals surface area contributed by atoms with E-state index >= 15 is 0 Å². The zero-order valence-electron chi connectivity index (χ0n) is 18.0. The molecule has 5 nitrogen and oxygen atoms in total. The van der Waals surface area contributed by atoms with Gasteiger partial charge >= 0.3 is 0 Å². The lowest BCUT2D eigenvalue weighted by Crippen LogP contribution is -2.45. The third kappa shape index (κ3) is 4.78. The molecule has 4 rings (SSSR count). The van der Waals surface area contributed by atoms with Crippen molar-refractivity contribution in [1.29, 1.82) is 0 Å². The molecule has 6 heteroatoms. The van der Waals surface area contributed by atoms with Crippen molar-refractivity contribution in [3.05, 3.63) is 58.1 Å². The van der Waals surface area contributed by atoms with Gasteiger partial charge in [-0.1, -0.05) is 24.6 Å². The number of hydrogen-bond donors (Lipinski definition) is 1. The number of fused-ring (bicyclic) bond motifs is 1. The van der Waals surface area contributed by atoms with Crippen LogP contribution in [0.4, 0.5) is 5.69 Å². The molecule has 0 aromatic heterocycles. The van der Waals surface area contributed by atoms with E-state index < -0.39 is 5.41 Å². The molecule has 2 heterocycles. The number of ether oxygens (including phenoxy) is 1. The van der Waals surface area contributed by atoms with Crippen molar-refractivity contribution in [1.82, 2.24) is 4.90 Å². The Morgan fingerprint density at radius 1 is 1.16 bits per heavy atom. The number of nitrogens with one attached hydrogen (secondary N) is 1. The minimum absolute atomic E-state index is 0.0708. The molecular weight excluding hydrogens is 412 g/mol. The molecule has 1 N–H and O–H groups in total. The fourth-order valence-corrected chi connectivity index (χ4v) is 4.86. The van der Waals surface area contributed by atoms with Gasteiger partial charge in [0.2, 0.25) is 5.91 Å². The van der Waals surface area contributed by atoms with Gasteiger partial charge in [0, 0.05) is 23.7 Å². The minimum Gasteiger partial charge on any atom is -0.492 e. The second-order valence-corrected chi connectivity index (χ2v) is 8.92.